The zero-order chi connectivity index (χ0) is 11.3. The van der Waals surface area contributed by atoms with Crippen molar-refractivity contribution in [2.75, 3.05) is 26.7 Å². The fraction of sp³-hybridized carbons (Fsp3) is 1.00. The molecule has 1 fully saturated rings. The minimum atomic E-state index is 0.592. The molecule has 0 aromatic rings. The first-order valence-corrected chi connectivity index (χ1v) is 6.43. The lowest BCUT2D eigenvalue weighted by atomic mass is 9.82. The Labute approximate surface area is 95.4 Å². The van der Waals surface area contributed by atoms with Crippen LogP contribution >= 0.6 is 0 Å². The van der Waals surface area contributed by atoms with Crippen molar-refractivity contribution in [2.45, 2.75) is 52.5 Å². The molecule has 2 heteroatoms. The van der Waals surface area contributed by atoms with Gasteiger partial charge in [-0.2, -0.15) is 0 Å². The maximum Gasteiger partial charge on any atom is 0.00362 e. The number of nitrogens with one attached hydrogen (secondary N) is 1. The lowest BCUT2D eigenvalue weighted by molar-refractivity contribution is 0.130. The van der Waals surface area contributed by atoms with Gasteiger partial charge >= 0.3 is 0 Å². The van der Waals surface area contributed by atoms with Crippen LogP contribution in [0.5, 0.6) is 0 Å². The highest BCUT2D eigenvalue weighted by Gasteiger charge is 2.24. The van der Waals surface area contributed by atoms with Crippen molar-refractivity contribution in [3.63, 3.8) is 0 Å². The molecule has 15 heavy (non-hydrogen) atoms. The van der Waals surface area contributed by atoms with E-state index in [0.717, 1.165) is 0 Å². The highest BCUT2D eigenvalue weighted by molar-refractivity contribution is 4.78. The second-order valence-corrected chi connectivity index (χ2v) is 5.84. The summed E-state index contributed by atoms with van der Waals surface area (Å²) in [6, 6.07) is 0.672. The minimum Gasteiger partial charge on any atom is -0.317 e. The Hall–Kier alpha value is -0.0800. The van der Waals surface area contributed by atoms with Crippen molar-refractivity contribution in [1.82, 2.24) is 10.2 Å². The van der Waals surface area contributed by atoms with Gasteiger partial charge in [-0.05, 0) is 64.7 Å². The van der Waals surface area contributed by atoms with Crippen LogP contribution < -0.4 is 5.32 Å². The molecule has 1 atom stereocenters. The third kappa shape index (κ3) is 4.98. The molecule has 90 valence electrons. The van der Waals surface area contributed by atoms with Crippen molar-refractivity contribution < 1.29 is 0 Å². The molecule has 0 radical (unpaired) electrons. The van der Waals surface area contributed by atoms with E-state index in [-0.39, 0.29) is 0 Å². The topological polar surface area (TPSA) is 15.3 Å². The van der Waals surface area contributed by atoms with E-state index in [2.05, 4.69) is 31.0 Å². The van der Waals surface area contributed by atoms with Crippen LogP contribution in [-0.4, -0.2) is 37.6 Å². The average Bonchev–Trinajstić information content (AvgIpc) is 2.20. The van der Waals surface area contributed by atoms with E-state index in [4.69, 9.17) is 0 Å². The van der Waals surface area contributed by atoms with E-state index in [1.807, 2.05) is 7.05 Å². The molecular weight excluding hydrogens is 184 g/mol. The Morgan fingerprint density at radius 3 is 2.40 bits per heavy atom. The fourth-order valence-electron chi connectivity index (χ4n) is 2.15. The van der Waals surface area contributed by atoms with Crippen LogP contribution in [0, 0.1) is 5.41 Å². The second-order valence-electron chi connectivity index (χ2n) is 5.84. The molecule has 1 aliphatic rings. The number of rotatable bonds is 5. The van der Waals surface area contributed by atoms with Crippen LogP contribution in [0.2, 0.25) is 0 Å². The summed E-state index contributed by atoms with van der Waals surface area (Å²) in [5.41, 5.74) is 0.592. The molecule has 1 aliphatic heterocycles. The Bertz CT molecular complexity index is 167. The molecular formula is C13H28N2. The summed E-state index contributed by atoms with van der Waals surface area (Å²) in [7, 11) is 2.05. The number of hydrogen-bond donors (Lipinski definition) is 1. The maximum absolute atomic E-state index is 3.30. The largest absolute Gasteiger partial charge is 0.317 e. The van der Waals surface area contributed by atoms with Crippen LogP contribution in [0.4, 0.5) is 0 Å². The summed E-state index contributed by atoms with van der Waals surface area (Å²) in [5, 5.41) is 3.30. The molecule has 0 bridgehead atoms. The quantitative estimate of drug-likeness (QED) is 0.753. The minimum absolute atomic E-state index is 0.592. The number of piperidine rings is 1. The summed E-state index contributed by atoms with van der Waals surface area (Å²) < 4.78 is 0. The number of nitrogens with zero attached hydrogens (tertiary/aromatic N) is 1. The first-order valence-electron chi connectivity index (χ1n) is 6.43. The maximum atomic E-state index is 3.30. The molecule has 0 aliphatic carbocycles. The SMILES string of the molecule is CNC(C)CCCN1CCC(C)(C)CC1. The molecule has 0 spiro atoms. The number of hydrogen-bond acceptors (Lipinski definition) is 2. The fourth-order valence-corrected chi connectivity index (χ4v) is 2.15. The Kier molecular flexibility index (Phi) is 5.07. The summed E-state index contributed by atoms with van der Waals surface area (Å²) >= 11 is 0. The van der Waals surface area contributed by atoms with Crippen LogP contribution in [0.15, 0.2) is 0 Å². The summed E-state index contributed by atoms with van der Waals surface area (Å²) in [6.07, 6.45) is 5.38. The van der Waals surface area contributed by atoms with Gasteiger partial charge in [-0.15, -0.1) is 0 Å². The third-order valence-corrected chi connectivity index (χ3v) is 3.81. The van der Waals surface area contributed by atoms with Crippen LogP contribution in [0.1, 0.15) is 46.5 Å². The van der Waals surface area contributed by atoms with Gasteiger partial charge in [0.15, 0.2) is 0 Å². The van der Waals surface area contributed by atoms with E-state index in [9.17, 15) is 0 Å². The van der Waals surface area contributed by atoms with E-state index in [1.54, 1.807) is 0 Å². The molecule has 2 nitrogen and oxygen atoms in total. The Morgan fingerprint density at radius 1 is 1.27 bits per heavy atom. The smallest absolute Gasteiger partial charge is 0.00362 e. The van der Waals surface area contributed by atoms with E-state index >= 15 is 0 Å². The monoisotopic (exact) mass is 212 g/mol. The zero-order valence-corrected chi connectivity index (χ0v) is 11.0. The van der Waals surface area contributed by atoms with Gasteiger partial charge < -0.3 is 10.2 Å². The van der Waals surface area contributed by atoms with Gasteiger partial charge in [0.25, 0.3) is 0 Å². The van der Waals surface area contributed by atoms with E-state index in [0.29, 0.717) is 11.5 Å². The van der Waals surface area contributed by atoms with Gasteiger partial charge in [0.2, 0.25) is 0 Å². The van der Waals surface area contributed by atoms with E-state index < -0.39 is 0 Å². The first-order chi connectivity index (χ1) is 7.03. The molecule has 0 aromatic carbocycles. The highest BCUT2D eigenvalue weighted by Crippen LogP contribution is 2.29. The summed E-state index contributed by atoms with van der Waals surface area (Å²) in [5.74, 6) is 0. The van der Waals surface area contributed by atoms with E-state index in [1.165, 1.54) is 45.3 Å². The van der Waals surface area contributed by atoms with Gasteiger partial charge in [-0.3, -0.25) is 0 Å². The van der Waals surface area contributed by atoms with Gasteiger partial charge in [0.1, 0.15) is 0 Å². The molecule has 0 amide bonds. The van der Waals surface area contributed by atoms with Crippen molar-refractivity contribution >= 4 is 0 Å². The van der Waals surface area contributed by atoms with Gasteiger partial charge in [-0.1, -0.05) is 13.8 Å². The zero-order valence-electron chi connectivity index (χ0n) is 11.0. The predicted molar refractivity (Wildman–Crippen MR) is 67.2 cm³/mol. The van der Waals surface area contributed by atoms with Gasteiger partial charge in [-0.25, -0.2) is 0 Å². The first kappa shape index (κ1) is 13.0. The normalized spacial score (nSPS) is 24.0. The van der Waals surface area contributed by atoms with Crippen molar-refractivity contribution in [3.8, 4) is 0 Å². The average molecular weight is 212 g/mol. The van der Waals surface area contributed by atoms with Gasteiger partial charge in [0.05, 0.1) is 0 Å². The molecule has 0 saturated carbocycles. The van der Waals surface area contributed by atoms with Crippen LogP contribution in [0.3, 0.4) is 0 Å². The third-order valence-electron chi connectivity index (χ3n) is 3.81. The predicted octanol–water partition coefficient (Wildman–Crippen LogP) is 2.50. The summed E-state index contributed by atoms with van der Waals surface area (Å²) in [4.78, 5) is 2.63. The van der Waals surface area contributed by atoms with Crippen molar-refractivity contribution in [3.05, 3.63) is 0 Å². The molecule has 1 heterocycles. The molecule has 1 N–H and O–H groups in total. The standard InChI is InChI=1S/C13H28N2/c1-12(14-4)6-5-9-15-10-7-13(2,3)8-11-15/h12,14H,5-11H2,1-4H3. The molecule has 1 unspecified atom stereocenters. The summed E-state index contributed by atoms with van der Waals surface area (Å²) in [6.45, 7) is 11.0. The highest BCUT2D eigenvalue weighted by atomic mass is 15.1. The van der Waals surface area contributed by atoms with Crippen molar-refractivity contribution in [2.24, 2.45) is 5.41 Å². The number of likely N-dealkylation sites (tertiary alicyclic amines) is 1. The lowest BCUT2D eigenvalue weighted by Gasteiger charge is -2.37. The molecule has 0 aromatic heterocycles. The second kappa shape index (κ2) is 5.86. The Morgan fingerprint density at radius 2 is 1.87 bits per heavy atom. The van der Waals surface area contributed by atoms with Crippen LogP contribution in [-0.2, 0) is 0 Å². The van der Waals surface area contributed by atoms with Gasteiger partial charge in [0, 0.05) is 6.04 Å². The van der Waals surface area contributed by atoms with Crippen LogP contribution in [0.25, 0.3) is 0 Å². The Balaban J connectivity index is 2.09. The molecule has 1 rings (SSSR count). The molecule has 1 saturated heterocycles. The lowest BCUT2D eigenvalue weighted by Crippen LogP contribution is -2.38. The van der Waals surface area contributed by atoms with Crippen molar-refractivity contribution in [1.29, 1.82) is 0 Å².